The van der Waals surface area contributed by atoms with Crippen LogP contribution in [-0.2, 0) is 4.74 Å². The number of aliphatic hydroxyl groups is 1. The molecule has 88 valence electrons. The number of hydrogen-bond acceptors (Lipinski definition) is 2. The molecule has 0 saturated carbocycles. The average Bonchev–Trinajstić information content (AvgIpc) is 2.34. The molecule has 0 saturated heterocycles. The molecule has 16 heavy (non-hydrogen) atoms. The number of unbranched alkanes of at least 4 members (excludes halogenated alkanes) is 2. The maximum Gasteiger partial charge on any atom is 0.0650 e. The third kappa shape index (κ3) is 6.38. The number of benzene rings is 1. The van der Waals surface area contributed by atoms with Crippen molar-refractivity contribution in [2.75, 3.05) is 19.8 Å². The minimum Gasteiger partial charge on any atom is -0.396 e. The SMILES string of the molecule is OCCCCCOCC=Cc1ccccc1. The lowest BCUT2D eigenvalue weighted by Crippen LogP contribution is -1.95. The Balaban J connectivity index is 2.01. The molecule has 0 radical (unpaired) electrons. The maximum absolute atomic E-state index is 8.58. The Labute approximate surface area is 97.6 Å². The Hall–Kier alpha value is -1.12. The van der Waals surface area contributed by atoms with Crippen LogP contribution in [0.5, 0.6) is 0 Å². The molecule has 0 fully saturated rings. The molecule has 0 amide bonds. The summed E-state index contributed by atoms with van der Waals surface area (Å²) in [6, 6.07) is 10.2. The van der Waals surface area contributed by atoms with Gasteiger partial charge in [0.15, 0.2) is 0 Å². The summed E-state index contributed by atoms with van der Waals surface area (Å²) in [6.45, 7) is 1.72. The summed E-state index contributed by atoms with van der Waals surface area (Å²) < 4.78 is 5.43. The number of ether oxygens (including phenoxy) is 1. The van der Waals surface area contributed by atoms with Crippen molar-refractivity contribution in [3.63, 3.8) is 0 Å². The number of hydrogen-bond donors (Lipinski definition) is 1. The molecule has 0 aliphatic rings. The van der Waals surface area contributed by atoms with E-state index in [-0.39, 0.29) is 6.61 Å². The standard InChI is InChI=1S/C14H20O2/c15-11-5-2-6-12-16-13-7-10-14-8-3-1-4-9-14/h1,3-4,7-10,15H,2,5-6,11-13H2. The molecule has 1 aromatic carbocycles. The Morgan fingerprint density at radius 1 is 1.06 bits per heavy atom. The summed E-state index contributed by atoms with van der Waals surface area (Å²) in [7, 11) is 0. The van der Waals surface area contributed by atoms with Crippen molar-refractivity contribution in [3.8, 4) is 0 Å². The molecule has 2 heteroatoms. The Bertz CT molecular complexity index is 280. The molecule has 0 atom stereocenters. The second-order valence-electron chi connectivity index (χ2n) is 3.67. The van der Waals surface area contributed by atoms with Crippen LogP contribution in [0.2, 0.25) is 0 Å². The van der Waals surface area contributed by atoms with Crippen LogP contribution in [0.15, 0.2) is 36.4 Å². The van der Waals surface area contributed by atoms with Gasteiger partial charge in [0.25, 0.3) is 0 Å². The van der Waals surface area contributed by atoms with Gasteiger partial charge in [-0.3, -0.25) is 0 Å². The minimum atomic E-state index is 0.286. The van der Waals surface area contributed by atoms with Gasteiger partial charge in [-0.25, -0.2) is 0 Å². The van der Waals surface area contributed by atoms with Gasteiger partial charge in [0.05, 0.1) is 6.61 Å². The van der Waals surface area contributed by atoms with Gasteiger partial charge in [0, 0.05) is 13.2 Å². The van der Waals surface area contributed by atoms with Crippen molar-refractivity contribution < 1.29 is 9.84 Å². The lowest BCUT2D eigenvalue weighted by atomic mass is 10.2. The molecule has 0 heterocycles. The highest BCUT2D eigenvalue weighted by Gasteiger charge is 1.88. The molecule has 2 nitrogen and oxygen atoms in total. The summed E-state index contributed by atoms with van der Waals surface area (Å²) in [5.74, 6) is 0. The monoisotopic (exact) mass is 220 g/mol. The summed E-state index contributed by atoms with van der Waals surface area (Å²) in [6.07, 6.45) is 7.04. The molecular formula is C14H20O2. The lowest BCUT2D eigenvalue weighted by Gasteiger charge is -2.00. The van der Waals surface area contributed by atoms with Crippen molar-refractivity contribution in [1.29, 1.82) is 0 Å². The first-order valence-electron chi connectivity index (χ1n) is 5.83. The fourth-order valence-electron chi connectivity index (χ4n) is 1.39. The zero-order valence-electron chi connectivity index (χ0n) is 9.64. The van der Waals surface area contributed by atoms with E-state index >= 15 is 0 Å². The van der Waals surface area contributed by atoms with Crippen LogP contribution in [0, 0.1) is 0 Å². The highest BCUT2D eigenvalue weighted by molar-refractivity contribution is 5.48. The molecule has 1 rings (SSSR count). The highest BCUT2D eigenvalue weighted by atomic mass is 16.5. The van der Waals surface area contributed by atoms with E-state index in [1.54, 1.807) is 0 Å². The lowest BCUT2D eigenvalue weighted by molar-refractivity contribution is 0.155. The van der Waals surface area contributed by atoms with Gasteiger partial charge in [-0.1, -0.05) is 42.5 Å². The predicted molar refractivity (Wildman–Crippen MR) is 67.2 cm³/mol. The smallest absolute Gasteiger partial charge is 0.0650 e. The highest BCUT2D eigenvalue weighted by Crippen LogP contribution is 2.01. The summed E-state index contributed by atoms with van der Waals surface area (Å²) >= 11 is 0. The van der Waals surface area contributed by atoms with E-state index in [1.807, 2.05) is 24.3 Å². The molecule has 0 unspecified atom stereocenters. The van der Waals surface area contributed by atoms with Crippen molar-refractivity contribution >= 4 is 6.08 Å². The van der Waals surface area contributed by atoms with Crippen LogP contribution < -0.4 is 0 Å². The van der Waals surface area contributed by atoms with Gasteiger partial charge in [-0.05, 0) is 24.8 Å². The van der Waals surface area contributed by atoms with Crippen LogP contribution in [-0.4, -0.2) is 24.9 Å². The fourth-order valence-corrected chi connectivity index (χ4v) is 1.39. The quantitative estimate of drug-likeness (QED) is 0.683. The van der Waals surface area contributed by atoms with Crippen LogP contribution in [0.4, 0.5) is 0 Å². The van der Waals surface area contributed by atoms with Gasteiger partial charge in [-0.15, -0.1) is 0 Å². The predicted octanol–water partition coefficient (Wildman–Crippen LogP) is 2.88. The van der Waals surface area contributed by atoms with Crippen molar-refractivity contribution in [1.82, 2.24) is 0 Å². The second kappa shape index (κ2) is 9.13. The molecule has 0 bridgehead atoms. The molecular weight excluding hydrogens is 200 g/mol. The van der Waals surface area contributed by atoms with E-state index in [0.29, 0.717) is 6.61 Å². The zero-order chi connectivity index (χ0) is 11.5. The van der Waals surface area contributed by atoms with Crippen LogP contribution in [0.1, 0.15) is 24.8 Å². The van der Waals surface area contributed by atoms with Gasteiger partial charge >= 0.3 is 0 Å². The Morgan fingerprint density at radius 2 is 1.88 bits per heavy atom. The Morgan fingerprint density at radius 3 is 2.62 bits per heavy atom. The summed E-state index contributed by atoms with van der Waals surface area (Å²) in [5, 5.41) is 8.58. The Kier molecular flexibility index (Phi) is 7.39. The molecule has 1 aromatic rings. The van der Waals surface area contributed by atoms with Crippen LogP contribution in [0.25, 0.3) is 6.08 Å². The van der Waals surface area contributed by atoms with Crippen LogP contribution >= 0.6 is 0 Å². The molecule has 0 aliphatic carbocycles. The van der Waals surface area contributed by atoms with Crippen molar-refractivity contribution in [3.05, 3.63) is 42.0 Å². The average molecular weight is 220 g/mol. The van der Waals surface area contributed by atoms with E-state index < -0.39 is 0 Å². The first-order chi connectivity index (χ1) is 7.93. The molecule has 0 spiro atoms. The normalized spacial score (nSPS) is 11.1. The maximum atomic E-state index is 8.58. The fraction of sp³-hybridized carbons (Fsp3) is 0.429. The van der Waals surface area contributed by atoms with E-state index in [1.165, 1.54) is 5.56 Å². The largest absolute Gasteiger partial charge is 0.396 e. The zero-order valence-corrected chi connectivity index (χ0v) is 9.64. The molecule has 1 N–H and O–H groups in total. The third-order valence-electron chi connectivity index (χ3n) is 2.27. The summed E-state index contributed by atoms with van der Waals surface area (Å²) in [4.78, 5) is 0. The van der Waals surface area contributed by atoms with Crippen LogP contribution in [0.3, 0.4) is 0 Å². The van der Waals surface area contributed by atoms with Gasteiger partial charge in [0.2, 0.25) is 0 Å². The number of rotatable bonds is 8. The van der Waals surface area contributed by atoms with Crippen molar-refractivity contribution in [2.24, 2.45) is 0 Å². The van der Waals surface area contributed by atoms with E-state index in [9.17, 15) is 0 Å². The van der Waals surface area contributed by atoms with Gasteiger partial charge in [0.1, 0.15) is 0 Å². The van der Waals surface area contributed by atoms with E-state index in [0.717, 1.165) is 25.9 Å². The van der Waals surface area contributed by atoms with Gasteiger partial charge < -0.3 is 9.84 Å². The minimum absolute atomic E-state index is 0.286. The van der Waals surface area contributed by atoms with E-state index in [4.69, 9.17) is 9.84 Å². The third-order valence-corrected chi connectivity index (χ3v) is 2.27. The topological polar surface area (TPSA) is 29.5 Å². The first kappa shape index (κ1) is 12.9. The second-order valence-corrected chi connectivity index (χ2v) is 3.67. The summed E-state index contributed by atoms with van der Waals surface area (Å²) in [5.41, 5.74) is 1.20. The van der Waals surface area contributed by atoms with Gasteiger partial charge in [-0.2, -0.15) is 0 Å². The van der Waals surface area contributed by atoms with Crippen molar-refractivity contribution in [2.45, 2.75) is 19.3 Å². The molecule has 0 aliphatic heterocycles. The first-order valence-corrected chi connectivity index (χ1v) is 5.83. The van der Waals surface area contributed by atoms with E-state index in [2.05, 4.69) is 18.2 Å². The number of aliphatic hydroxyl groups excluding tert-OH is 1. The molecule has 0 aromatic heterocycles.